The first-order chi connectivity index (χ1) is 9.12. The average Bonchev–Trinajstić information content (AvgIpc) is 2.41. The second-order valence-corrected chi connectivity index (χ2v) is 7.81. The van der Waals surface area contributed by atoms with Crippen LogP contribution < -0.4 is 5.32 Å². The Kier molecular flexibility index (Phi) is 3.60. The second kappa shape index (κ2) is 5.23. The van der Waals surface area contributed by atoms with E-state index in [9.17, 15) is 8.42 Å². The smallest absolute Gasteiger partial charge is 0.152 e. The lowest BCUT2D eigenvalue weighted by molar-refractivity contribution is 0.252. The predicted molar refractivity (Wildman–Crippen MR) is 75.9 cm³/mol. The summed E-state index contributed by atoms with van der Waals surface area (Å²) >= 11 is 0. The zero-order valence-electron chi connectivity index (χ0n) is 11.0. The molecule has 0 amide bonds. The van der Waals surface area contributed by atoms with Crippen LogP contribution in [0.25, 0.3) is 0 Å². The maximum Gasteiger partial charge on any atom is 0.152 e. The molecule has 0 radical (unpaired) electrons. The minimum Gasteiger partial charge on any atom is -0.308 e. The molecular weight excluding hydrogens is 260 g/mol. The van der Waals surface area contributed by atoms with E-state index in [1.54, 1.807) is 0 Å². The zero-order valence-corrected chi connectivity index (χ0v) is 11.8. The summed E-state index contributed by atoms with van der Waals surface area (Å²) in [6.07, 6.45) is 1.04. The van der Waals surface area contributed by atoms with Gasteiger partial charge in [-0.1, -0.05) is 24.3 Å². The summed E-state index contributed by atoms with van der Waals surface area (Å²) in [4.78, 5) is 2.27. The van der Waals surface area contributed by atoms with Crippen molar-refractivity contribution in [1.82, 2.24) is 10.2 Å². The van der Waals surface area contributed by atoms with Crippen molar-refractivity contribution in [2.75, 3.05) is 31.1 Å². The van der Waals surface area contributed by atoms with Gasteiger partial charge in [-0.3, -0.25) is 4.90 Å². The third-order valence-electron chi connectivity index (χ3n) is 4.08. The monoisotopic (exact) mass is 280 g/mol. The zero-order chi connectivity index (χ0) is 13.3. The van der Waals surface area contributed by atoms with E-state index in [1.807, 2.05) is 0 Å². The van der Waals surface area contributed by atoms with Gasteiger partial charge in [-0.05, 0) is 17.5 Å². The first kappa shape index (κ1) is 13.1. The molecule has 1 atom stereocenters. The van der Waals surface area contributed by atoms with E-state index in [-0.39, 0.29) is 0 Å². The van der Waals surface area contributed by atoms with Gasteiger partial charge < -0.3 is 5.32 Å². The van der Waals surface area contributed by atoms with Gasteiger partial charge >= 0.3 is 0 Å². The van der Waals surface area contributed by atoms with Gasteiger partial charge in [0.2, 0.25) is 0 Å². The molecule has 3 rings (SSSR count). The van der Waals surface area contributed by atoms with E-state index in [2.05, 4.69) is 34.5 Å². The number of sulfone groups is 1. The van der Waals surface area contributed by atoms with Crippen molar-refractivity contribution < 1.29 is 8.42 Å². The van der Waals surface area contributed by atoms with Gasteiger partial charge in [-0.15, -0.1) is 0 Å². The molecule has 0 bridgehead atoms. The van der Waals surface area contributed by atoms with Crippen LogP contribution in [0.2, 0.25) is 0 Å². The van der Waals surface area contributed by atoms with Gasteiger partial charge in [-0.25, -0.2) is 8.42 Å². The molecule has 19 heavy (non-hydrogen) atoms. The summed E-state index contributed by atoms with van der Waals surface area (Å²) in [6, 6.07) is 8.98. The molecule has 0 aliphatic carbocycles. The normalized spacial score (nSPS) is 26.8. The van der Waals surface area contributed by atoms with E-state index in [0.717, 1.165) is 19.5 Å². The third kappa shape index (κ3) is 3.16. The van der Waals surface area contributed by atoms with Gasteiger partial charge in [0.15, 0.2) is 9.84 Å². The molecule has 1 N–H and O–H groups in total. The van der Waals surface area contributed by atoms with Crippen molar-refractivity contribution in [3.63, 3.8) is 0 Å². The summed E-state index contributed by atoms with van der Waals surface area (Å²) in [5.74, 6) is 0.632. The Bertz CT molecular complexity index is 542. The van der Waals surface area contributed by atoms with Crippen molar-refractivity contribution in [2.45, 2.75) is 19.0 Å². The van der Waals surface area contributed by atoms with E-state index < -0.39 is 9.84 Å². The number of hydrogen-bond donors (Lipinski definition) is 1. The van der Waals surface area contributed by atoms with Crippen LogP contribution in [0, 0.1) is 0 Å². The van der Waals surface area contributed by atoms with Crippen LogP contribution >= 0.6 is 0 Å². The molecule has 1 aromatic rings. The van der Waals surface area contributed by atoms with Crippen LogP contribution in [0.4, 0.5) is 0 Å². The fourth-order valence-corrected chi connectivity index (χ4v) is 4.17. The number of hydrogen-bond acceptors (Lipinski definition) is 4. The fraction of sp³-hybridized carbons (Fsp3) is 0.571. The summed E-state index contributed by atoms with van der Waals surface area (Å²) in [6.45, 7) is 3.24. The average molecular weight is 280 g/mol. The number of benzene rings is 1. The Hall–Kier alpha value is -0.910. The molecule has 0 spiro atoms. The highest BCUT2D eigenvalue weighted by atomic mass is 32.2. The molecule has 1 aromatic carbocycles. The topological polar surface area (TPSA) is 49.4 Å². The lowest BCUT2D eigenvalue weighted by Crippen LogP contribution is -2.49. The molecule has 0 aromatic heterocycles. The van der Waals surface area contributed by atoms with E-state index >= 15 is 0 Å². The molecule has 2 aliphatic heterocycles. The van der Waals surface area contributed by atoms with Crippen LogP contribution in [0.1, 0.15) is 11.1 Å². The maximum absolute atomic E-state index is 11.4. The Morgan fingerprint density at radius 2 is 1.84 bits per heavy atom. The van der Waals surface area contributed by atoms with Crippen LogP contribution in [-0.4, -0.2) is 50.5 Å². The Labute approximate surface area is 114 Å². The summed E-state index contributed by atoms with van der Waals surface area (Å²) in [7, 11) is -2.77. The quantitative estimate of drug-likeness (QED) is 0.853. The molecular formula is C14H20N2O2S. The third-order valence-corrected chi connectivity index (χ3v) is 5.69. The molecule has 0 unspecified atom stereocenters. The molecule has 2 heterocycles. The minimum absolute atomic E-state index is 0.316. The standard InChI is InChI=1S/C14H20N2O2S/c17-19(18)7-5-16(6-8-19)11-14-9-12-3-1-2-4-13(12)10-15-14/h1-4,14-15H,5-11H2/t14-/m0/s1. The van der Waals surface area contributed by atoms with Crippen molar-refractivity contribution in [1.29, 1.82) is 0 Å². The fourth-order valence-electron chi connectivity index (χ4n) is 2.89. The van der Waals surface area contributed by atoms with E-state index in [4.69, 9.17) is 0 Å². The molecule has 0 saturated carbocycles. The van der Waals surface area contributed by atoms with Gasteiger partial charge in [0, 0.05) is 32.2 Å². The first-order valence-corrected chi connectivity index (χ1v) is 8.67. The van der Waals surface area contributed by atoms with Crippen molar-refractivity contribution in [2.24, 2.45) is 0 Å². The van der Waals surface area contributed by atoms with Gasteiger partial charge in [0.1, 0.15) is 0 Å². The van der Waals surface area contributed by atoms with Gasteiger partial charge in [0.25, 0.3) is 0 Å². The highest BCUT2D eigenvalue weighted by molar-refractivity contribution is 7.91. The second-order valence-electron chi connectivity index (χ2n) is 5.50. The summed E-state index contributed by atoms with van der Waals surface area (Å²) < 4.78 is 22.8. The van der Waals surface area contributed by atoms with Crippen molar-refractivity contribution in [3.05, 3.63) is 35.4 Å². The van der Waals surface area contributed by atoms with E-state index in [1.165, 1.54) is 11.1 Å². The van der Waals surface area contributed by atoms with Crippen LogP contribution in [0.15, 0.2) is 24.3 Å². The molecule has 104 valence electrons. The SMILES string of the molecule is O=S1(=O)CCN(C[C@@H]2Cc3ccccc3CN2)CC1. The highest BCUT2D eigenvalue weighted by Crippen LogP contribution is 2.17. The predicted octanol–water partition coefficient (Wildman–Crippen LogP) is 0.431. The van der Waals surface area contributed by atoms with Crippen LogP contribution in [-0.2, 0) is 22.8 Å². The van der Waals surface area contributed by atoms with Crippen LogP contribution in [0.5, 0.6) is 0 Å². The van der Waals surface area contributed by atoms with Gasteiger partial charge in [-0.2, -0.15) is 0 Å². The first-order valence-electron chi connectivity index (χ1n) is 6.85. The molecule has 4 nitrogen and oxygen atoms in total. The highest BCUT2D eigenvalue weighted by Gasteiger charge is 2.25. The maximum atomic E-state index is 11.4. The summed E-state index contributed by atoms with van der Waals surface area (Å²) in [5.41, 5.74) is 2.82. The largest absolute Gasteiger partial charge is 0.308 e. The van der Waals surface area contributed by atoms with Crippen molar-refractivity contribution in [3.8, 4) is 0 Å². The van der Waals surface area contributed by atoms with Crippen LogP contribution in [0.3, 0.4) is 0 Å². The molecule has 1 fully saturated rings. The Balaban J connectivity index is 1.58. The van der Waals surface area contributed by atoms with Gasteiger partial charge in [0.05, 0.1) is 11.5 Å². The lowest BCUT2D eigenvalue weighted by Gasteiger charge is -2.33. The Morgan fingerprint density at radius 3 is 2.58 bits per heavy atom. The van der Waals surface area contributed by atoms with E-state index in [0.29, 0.717) is 30.6 Å². The lowest BCUT2D eigenvalue weighted by atomic mass is 9.95. The summed E-state index contributed by atoms with van der Waals surface area (Å²) in [5, 5.41) is 3.55. The molecule has 2 aliphatic rings. The Morgan fingerprint density at radius 1 is 1.16 bits per heavy atom. The molecule has 1 saturated heterocycles. The number of rotatable bonds is 2. The number of nitrogens with zero attached hydrogens (tertiary/aromatic N) is 1. The number of nitrogens with one attached hydrogen (secondary N) is 1. The minimum atomic E-state index is -2.77. The molecule has 5 heteroatoms. The number of fused-ring (bicyclic) bond motifs is 1. The van der Waals surface area contributed by atoms with Crippen molar-refractivity contribution >= 4 is 9.84 Å².